The first kappa shape index (κ1) is 11.9. The van der Waals surface area contributed by atoms with Gasteiger partial charge in [0.1, 0.15) is 0 Å². The first-order valence-corrected chi connectivity index (χ1v) is 5.34. The molecule has 4 heteroatoms. The molecule has 1 fully saturated rings. The fraction of sp³-hybridized carbons (Fsp3) is 1.00. The summed E-state index contributed by atoms with van der Waals surface area (Å²) in [5.41, 5.74) is 0. The van der Waals surface area contributed by atoms with Crippen LogP contribution in [0.3, 0.4) is 0 Å². The molecule has 0 aromatic heterocycles. The third-order valence-electron chi connectivity index (χ3n) is 3.11. The van der Waals surface area contributed by atoms with E-state index in [4.69, 9.17) is 0 Å². The summed E-state index contributed by atoms with van der Waals surface area (Å²) in [6, 6.07) is 0. The van der Waals surface area contributed by atoms with Gasteiger partial charge in [0.2, 0.25) is 0 Å². The molecule has 4 atom stereocenters. The van der Waals surface area contributed by atoms with E-state index in [-0.39, 0.29) is 24.0 Å². The van der Waals surface area contributed by atoms with Crippen molar-refractivity contribution in [1.82, 2.24) is 10.6 Å². The molecule has 0 spiro atoms. The minimum absolute atomic E-state index is 0.197. The van der Waals surface area contributed by atoms with Gasteiger partial charge in [-0.3, -0.25) is 0 Å². The highest BCUT2D eigenvalue weighted by molar-refractivity contribution is 4.87. The number of aliphatic hydroxyl groups is 2. The zero-order chi connectivity index (χ0) is 10.6. The van der Waals surface area contributed by atoms with Crippen LogP contribution in [-0.2, 0) is 0 Å². The topological polar surface area (TPSA) is 64.5 Å². The Morgan fingerprint density at radius 1 is 0.929 bits per heavy atom. The van der Waals surface area contributed by atoms with E-state index in [2.05, 4.69) is 10.6 Å². The number of rotatable bonds is 4. The zero-order valence-electron chi connectivity index (χ0n) is 9.03. The second-order valence-electron chi connectivity index (χ2n) is 4.24. The normalized spacial score (nSPS) is 38.6. The number of hydrogen-bond donors (Lipinski definition) is 4. The van der Waals surface area contributed by atoms with Gasteiger partial charge in [0.15, 0.2) is 0 Å². The number of aliphatic hydroxyl groups excluding tert-OH is 2. The van der Waals surface area contributed by atoms with Crippen LogP contribution in [0.4, 0.5) is 0 Å². The van der Waals surface area contributed by atoms with E-state index < -0.39 is 0 Å². The van der Waals surface area contributed by atoms with Crippen LogP contribution < -0.4 is 10.6 Å². The summed E-state index contributed by atoms with van der Waals surface area (Å²) < 4.78 is 0. The molecule has 1 rings (SSSR count). The first-order chi connectivity index (χ1) is 6.69. The first-order valence-electron chi connectivity index (χ1n) is 5.34. The maximum absolute atomic E-state index is 9.84. The Morgan fingerprint density at radius 3 is 1.57 bits per heavy atom. The summed E-state index contributed by atoms with van der Waals surface area (Å²) in [5, 5.41) is 25.8. The van der Waals surface area contributed by atoms with Crippen molar-refractivity contribution < 1.29 is 10.2 Å². The minimum Gasteiger partial charge on any atom is -0.393 e. The van der Waals surface area contributed by atoms with Crippen molar-refractivity contribution in [2.75, 3.05) is 27.2 Å². The SMILES string of the molecule is CNCC1CC(O)C(CNC)CC1O. The highest BCUT2D eigenvalue weighted by Crippen LogP contribution is 2.28. The fourth-order valence-electron chi connectivity index (χ4n) is 2.28. The summed E-state index contributed by atoms with van der Waals surface area (Å²) in [4.78, 5) is 0. The quantitative estimate of drug-likeness (QED) is 0.481. The van der Waals surface area contributed by atoms with E-state index >= 15 is 0 Å². The molecule has 1 aliphatic rings. The molecule has 0 heterocycles. The molecule has 0 radical (unpaired) electrons. The maximum Gasteiger partial charge on any atom is 0.0585 e. The van der Waals surface area contributed by atoms with Crippen LogP contribution in [0.5, 0.6) is 0 Å². The Labute approximate surface area is 85.7 Å². The minimum atomic E-state index is -0.274. The third-order valence-corrected chi connectivity index (χ3v) is 3.11. The number of nitrogens with one attached hydrogen (secondary N) is 2. The van der Waals surface area contributed by atoms with Crippen LogP contribution in [0, 0.1) is 11.8 Å². The van der Waals surface area contributed by atoms with Crippen LogP contribution in [-0.4, -0.2) is 49.6 Å². The molecule has 0 amide bonds. The second kappa shape index (κ2) is 5.66. The summed E-state index contributed by atoms with van der Waals surface area (Å²) in [6.45, 7) is 1.56. The van der Waals surface area contributed by atoms with Gasteiger partial charge in [0.25, 0.3) is 0 Å². The van der Waals surface area contributed by atoms with E-state index in [1.54, 1.807) is 0 Å². The molecule has 0 aromatic rings. The average Bonchev–Trinajstić information content (AvgIpc) is 2.14. The van der Waals surface area contributed by atoms with E-state index in [1.165, 1.54) is 0 Å². The summed E-state index contributed by atoms with van der Waals surface area (Å²) in [6.07, 6.45) is 0.858. The van der Waals surface area contributed by atoms with E-state index in [0.29, 0.717) is 12.8 Å². The van der Waals surface area contributed by atoms with Crippen molar-refractivity contribution in [2.45, 2.75) is 25.0 Å². The summed E-state index contributed by atoms with van der Waals surface area (Å²) >= 11 is 0. The molecular formula is C10H22N2O2. The van der Waals surface area contributed by atoms with Crippen molar-refractivity contribution in [3.8, 4) is 0 Å². The molecule has 0 aromatic carbocycles. The van der Waals surface area contributed by atoms with Crippen molar-refractivity contribution in [2.24, 2.45) is 11.8 Å². The van der Waals surface area contributed by atoms with Crippen molar-refractivity contribution in [1.29, 1.82) is 0 Å². The van der Waals surface area contributed by atoms with Gasteiger partial charge < -0.3 is 20.8 Å². The molecule has 0 bridgehead atoms. The molecule has 0 saturated heterocycles. The fourth-order valence-corrected chi connectivity index (χ4v) is 2.28. The van der Waals surface area contributed by atoms with Gasteiger partial charge in [-0.2, -0.15) is 0 Å². The van der Waals surface area contributed by atoms with E-state index in [9.17, 15) is 10.2 Å². The van der Waals surface area contributed by atoms with Gasteiger partial charge in [-0.25, -0.2) is 0 Å². The Kier molecular flexibility index (Phi) is 4.81. The predicted octanol–water partition coefficient (Wildman–Crippen LogP) is -0.827. The third kappa shape index (κ3) is 2.92. The molecule has 1 aliphatic carbocycles. The number of hydrogen-bond acceptors (Lipinski definition) is 4. The van der Waals surface area contributed by atoms with Gasteiger partial charge in [-0.1, -0.05) is 0 Å². The van der Waals surface area contributed by atoms with Gasteiger partial charge in [-0.15, -0.1) is 0 Å². The molecule has 4 N–H and O–H groups in total. The molecular weight excluding hydrogens is 180 g/mol. The Balaban J connectivity index is 2.44. The maximum atomic E-state index is 9.84. The van der Waals surface area contributed by atoms with E-state index in [1.807, 2.05) is 14.1 Å². The zero-order valence-corrected chi connectivity index (χ0v) is 9.03. The lowest BCUT2D eigenvalue weighted by atomic mass is 9.77. The Hall–Kier alpha value is -0.160. The lowest BCUT2D eigenvalue weighted by Crippen LogP contribution is -2.45. The van der Waals surface area contributed by atoms with Crippen molar-refractivity contribution in [3.05, 3.63) is 0 Å². The highest BCUT2D eigenvalue weighted by Gasteiger charge is 2.34. The van der Waals surface area contributed by atoms with Gasteiger partial charge in [-0.05, 0) is 38.8 Å². The Morgan fingerprint density at radius 2 is 1.29 bits per heavy atom. The second-order valence-corrected chi connectivity index (χ2v) is 4.24. The molecule has 4 nitrogen and oxygen atoms in total. The van der Waals surface area contributed by atoms with Crippen molar-refractivity contribution in [3.63, 3.8) is 0 Å². The van der Waals surface area contributed by atoms with Crippen LogP contribution >= 0.6 is 0 Å². The van der Waals surface area contributed by atoms with Crippen LogP contribution in [0.1, 0.15) is 12.8 Å². The molecule has 1 saturated carbocycles. The van der Waals surface area contributed by atoms with Crippen LogP contribution in [0.15, 0.2) is 0 Å². The van der Waals surface area contributed by atoms with E-state index in [0.717, 1.165) is 13.1 Å². The largest absolute Gasteiger partial charge is 0.393 e. The highest BCUT2D eigenvalue weighted by atomic mass is 16.3. The monoisotopic (exact) mass is 202 g/mol. The van der Waals surface area contributed by atoms with Gasteiger partial charge >= 0.3 is 0 Å². The van der Waals surface area contributed by atoms with Crippen molar-refractivity contribution >= 4 is 0 Å². The molecule has 84 valence electrons. The average molecular weight is 202 g/mol. The van der Waals surface area contributed by atoms with Gasteiger partial charge in [0.05, 0.1) is 12.2 Å². The predicted molar refractivity (Wildman–Crippen MR) is 56.1 cm³/mol. The smallest absolute Gasteiger partial charge is 0.0585 e. The molecule has 0 aliphatic heterocycles. The van der Waals surface area contributed by atoms with Crippen LogP contribution in [0.2, 0.25) is 0 Å². The lowest BCUT2D eigenvalue weighted by Gasteiger charge is -2.36. The summed E-state index contributed by atoms with van der Waals surface area (Å²) in [5.74, 6) is 0.395. The van der Waals surface area contributed by atoms with Crippen LogP contribution in [0.25, 0.3) is 0 Å². The molecule has 4 unspecified atom stereocenters. The lowest BCUT2D eigenvalue weighted by molar-refractivity contribution is -0.0302. The Bertz CT molecular complexity index is 148. The summed E-state index contributed by atoms with van der Waals surface area (Å²) in [7, 11) is 3.75. The van der Waals surface area contributed by atoms with Gasteiger partial charge in [0, 0.05) is 13.1 Å². The molecule has 14 heavy (non-hydrogen) atoms. The standard InChI is InChI=1S/C10H22N2O2/c1-11-5-7-3-10(14)8(6-12-2)4-9(7)13/h7-14H,3-6H2,1-2H3.